The highest BCUT2D eigenvalue weighted by molar-refractivity contribution is 6.68. The van der Waals surface area contributed by atoms with Gasteiger partial charge in [0, 0.05) is 38.2 Å². The molecule has 10 radical (unpaired) electrons. The quantitative estimate of drug-likeness (QED) is 0.224. The molecule has 55 heavy (non-hydrogen) atoms. The van der Waals surface area contributed by atoms with Gasteiger partial charge in [-0.2, -0.15) is 0 Å². The molecule has 0 N–H and O–H groups in total. The van der Waals surface area contributed by atoms with Crippen LogP contribution in [0.4, 0.5) is 0 Å². The van der Waals surface area contributed by atoms with Crippen molar-refractivity contribution in [2.24, 2.45) is 0 Å². The summed E-state index contributed by atoms with van der Waals surface area (Å²) in [7, 11) is 31.6. The molecular formula is C45H23B5N4O. The summed E-state index contributed by atoms with van der Waals surface area (Å²) in [6, 6.07) is 47.3. The number of hydrogen-bond acceptors (Lipinski definition) is 4. The molecule has 7 aromatic carbocycles. The Balaban J connectivity index is 1.16. The Labute approximate surface area is 323 Å². The number of rotatable bonds is 5. The Morgan fingerprint density at radius 3 is 1.71 bits per heavy atom. The highest BCUT2D eigenvalue weighted by Crippen LogP contribution is 2.40. The highest BCUT2D eigenvalue weighted by Gasteiger charge is 2.21. The van der Waals surface area contributed by atoms with Gasteiger partial charge in [-0.15, -0.1) is 16.4 Å². The summed E-state index contributed by atoms with van der Waals surface area (Å²) in [5.41, 5.74) is 9.39. The first-order valence-corrected chi connectivity index (χ1v) is 17.7. The van der Waals surface area contributed by atoms with Gasteiger partial charge >= 0.3 is 0 Å². The van der Waals surface area contributed by atoms with Crippen molar-refractivity contribution in [2.75, 3.05) is 0 Å². The SMILES string of the molecule is [B]c1c([B])c([B])c(-c2nc(-c3ccccc3)nc(-c3ccc4oc5c(-n6c7ccccc7c7cc(-c8ccccc8)ccc76)cccc5c4c3)n2)c([B])c1[B]. The van der Waals surface area contributed by atoms with Crippen molar-refractivity contribution >= 4 is 110 Å². The summed E-state index contributed by atoms with van der Waals surface area (Å²) in [5, 5.41) is 4.19. The third-order valence-corrected chi connectivity index (χ3v) is 10.3. The molecular weight excluding hydrogens is 667 g/mol. The fourth-order valence-electron chi connectivity index (χ4n) is 7.57. The summed E-state index contributed by atoms with van der Waals surface area (Å²) < 4.78 is 8.98. The Morgan fingerprint density at radius 2 is 0.964 bits per heavy atom. The first kappa shape index (κ1) is 33.1. The smallest absolute Gasteiger partial charge is 0.164 e. The fourth-order valence-corrected chi connectivity index (χ4v) is 7.57. The first-order valence-electron chi connectivity index (χ1n) is 17.7. The number of furan rings is 1. The zero-order chi connectivity index (χ0) is 37.4. The number of benzene rings is 7. The molecule has 10 heteroatoms. The largest absolute Gasteiger partial charge is 0.454 e. The average molecular weight is 690 g/mol. The molecule has 0 unspecified atom stereocenters. The molecule has 0 aliphatic heterocycles. The van der Waals surface area contributed by atoms with Crippen LogP contribution in [0.3, 0.4) is 0 Å². The van der Waals surface area contributed by atoms with Crippen molar-refractivity contribution in [1.29, 1.82) is 0 Å². The van der Waals surface area contributed by atoms with Crippen molar-refractivity contribution < 1.29 is 4.42 Å². The maximum atomic E-state index is 6.70. The molecule has 10 rings (SSSR count). The van der Waals surface area contributed by atoms with Crippen LogP contribution >= 0.6 is 0 Å². The van der Waals surface area contributed by atoms with Crippen molar-refractivity contribution in [3.8, 4) is 51.0 Å². The maximum absolute atomic E-state index is 6.70. The van der Waals surface area contributed by atoms with E-state index >= 15 is 0 Å². The number of fused-ring (bicyclic) bond motifs is 6. The molecule has 0 fully saturated rings. The third kappa shape index (κ3) is 5.27. The molecule has 3 heterocycles. The molecule has 244 valence electrons. The summed E-state index contributed by atoms with van der Waals surface area (Å²) in [5.74, 6) is 1.05. The Morgan fingerprint density at radius 1 is 0.400 bits per heavy atom. The van der Waals surface area contributed by atoms with Gasteiger partial charge in [-0.1, -0.05) is 108 Å². The van der Waals surface area contributed by atoms with Crippen LogP contribution in [0.1, 0.15) is 0 Å². The molecule has 0 spiro atoms. The van der Waals surface area contributed by atoms with E-state index in [0.717, 1.165) is 66.1 Å². The second-order valence-corrected chi connectivity index (χ2v) is 13.5. The van der Waals surface area contributed by atoms with Crippen LogP contribution in [0.2, 0.25) is 0 Å². The van der Waals surface area contributed by atoms with E-state index in [9.17, 15) is 0 Å². The normalized spacial score (nSPS) is 11.6. The topological polar surface area (TPSA) is 56.7 Å². The van der Waals surface area contributed by atoms with Gasteiger partial charge < -0.3 is 8.98 Å². The number of para-hydroxylation sites is 2. The van der Waals surface area contributed by atoms with E-state index < -0.39 is 0 Å². The zero-order valence-corrected chi connectivity index (χ0v) is 29.4. The second kappa shape index (κ2) is 12.8. The van der Waals surface area contributed by atoms with Gasteiger partial charge in [-0.25, -0.2) is 15.0 Å². The standard InChI is InChI=1S/C45H23B5N4O/c46-37-36(38(47)40(49)41(50)39(37)48)45-52-43(25-12-5-2-6-13-25)51-44(53-45)27-19-21-35-31(23-27)29-15-9-17-34(42(29)55-35)54-32-16-8-7-14-28(32)30-22-26(18-20-33(30)54)24-10-3-1-4-11-24/h1-23H. The van der Waals surface area contributed by atoms with Crippen LogP contribution < -0.4 is 27.3 Å². The average Bonchev–Trinajstić information content (AvgIpc) is 3.78. The lowest BCUT2D eigenvalue weighted by Crippen LogP contribution is -2.55. The lowest BCUT2D eigenvalue weighted by Gasteiger charge is -2.20. The minimum absolute atomic E-state index is 0.116. The summed E-state index contributed by atoms with van der Waals surface area (Å²) >= 11 is 0. The van der Waals surface area contributed by atoms with Crippen LogP contribution in [0.5, 0.6) is 0 Å². The lowest BCUT2D eigenvalue weighted by atomic mass is 9.60. The zero-order valence-electron chi connectivity index (χ0n) is 29.4. The van der Waals surface area contributed by atoms with Crippen LogP contribution in [-0.4, -0.2) is 58.8 Å². The van der Waals surface area contributed by atoms with E-state index in [4.69, 9.17) is 58.6 Å². The summed E-state index contributed by atoms with van der Waals surface area (Å²) in [4.78, 5) is 14.6. The van der Waals surface area contributed by atoms with E-state index in [1.807, 2.05) is 54.6 Å². The van der Waals surface area contributed by atoms with E-state index in [0.29, 0.717) is 17.2 Å². The number of aromatic nitrogens is 4. The van der Waals surface area contributed by atoms with Gasteiger partial charge in [0.2, 0.25) is 0 Å². The number of hydrogen-bond donors (Lipinski definition) is 0. The van der Waals surface area contributed by atoms with Crippen LogP contribution in [0, 0.1) is 0 Å². The molecule has 0 bridgehead atoms. The maximum Gasteiger partial charge on any atom is 0.164 e. The van der Waals surface area contributed by atoms with Crippen LogP contribution in [-0.2, 0) is 0 Å². The molecule has 5 nitrogen and oxygen atoms in total. The van der Waals surface area contributed by atoms with Gasteiger partial charge in [0.25, 0.3) is 0 Å². The Kier molecular flexibility index (Phi) is 7.70. The molecule has 0 atom stereocenters. The molecule has 0 aliphatic rings. The predicted octanol–water partition coefficient (Wildman–Crippen LogP) is 5.51. The highest BCUT2D eigenvalue weighted by atomic mass is 16.3. The lowest BCUT2D eigenvalue weighted by molar-refractivity contribution is 0.666. The van der Waals surface area contributed by atoms with Gasteiger partial charge in [0.1, 0.15) is 44.8 Å². The third-order valence-electron chi connectivity index (χ3n) is 10.3. The molecule has 10 aromatic rings. The summed E-state index contributed by atoms with van der Waals surface area (Å²) in [6.45, 7) is 0. The van der Waals surface area contributed by atoms with Crippen molar-refractivity contribution in [1.82, 2.24) is 19.5 Å². The Bertz CT molecular complexity index is 3130. The minimum Gasteiger partial charge on any atom is -0.454 e. The second-order valence-electron chi connectivity index (χ2n) is 13.5. The molecule has 0 amide bonds. The monoisotopic (exact) mass is 690 g/mol. The number of nitrogens with zero attached hydrogens (tertiary/aromatic N) is 4. The molecule has 0 saturated carbocycles. The van der Waals surface area contributed by atoms with Crippen molar-refractivity contribution in [3.05, 3.63) is 140 Å². The van der Waals surface area contributed by atoms with Gasteiger partial charge in [-0.3, -0.25) is 0 Å². The fraction of sp³-hybridized carbons (Fsp3) is 0. The molecule has 0 aliphatic carbocycles. The van der Waals surface area contributed by atoms with Crippen molar-refractivity contribution in [2.45, 2.75) is 0 Å². The van der Waals surface area contributed by atoms with Gasteiger partial charge in [0.15, 0.2) is 23.1 Å². The van der Waals surface area contributed by atoms with Crippen LogP contribution in [0.15, 0.2) is 144 Å². The van der Waals surface area contributed by atoms with Gasteiger partial charge in [-0.05, 0) is 53.6 Å². The van der Waals surface area contributed by atoms with Gasteiger partial charge in [0.05, 0.1) is 16.7 Å². The molecule has 0 saturated heterocycles. The van der Waals surface area contributed by atoms with E-state index in [1.54, 1.807) is 0 Å². The van der Waals surface area contributed by atoms with E-state index in [1.165, 1.54) is 5.56 Å². The first-order chi connectivity index (χ1) is 26.9. The van der Waals surface area contributed by atoms with Crippen molar-refractivity contribution in [3.63, 3.8) is 0 Å². The molecule has 3 aromatic heterocycles. The Hall–Kier alpha value is -6.53. The van der Waals surface area contributed by atoms with E-state index in [2.05, 4.69) is 89.5 Å². The van der Waals surface area contributed by atoms with Crippen LogP contribution in [0.25, 0.3) is 94.7 Å². The minimum atomic E-state index is 0.116. The van der Waals surface area contributed by atoms with E-state index in [-0.39, 0.29) is 33.1 Å². The summed E-state index contributed by atoms with van der Waals surface area (Å²) in [6.07, 6.45) is 0. The predicted molar refractivity (Wildman–Crippen MR) is 230 cm³/mol.